The Labute approximate surface area is 122 Å². The average Bonchev–Trinajstić information content (AvgIpc) is 3.06. The fourth-order valence-electron chi connectivity index (χ4n) is 2.77. The van der Waals surface area contributed by atoms with E-state index in [1.54, 1.807) is 0 Å². The van der Waals surface area contributed by atoms with Crippen molar-refractivity contribution in [1.82, 2.24) is 0 Å². The summed E-state index contributed by atoms with van der Waals surface area (Å²) in [5.74, 6) is 0.216. The van der Waals surface area contributed by atoms with Crippen molar-refractivity contribution in [2.24, 2.45) is 5.73 Å². The summed E-state index contributed by atoms with van der Waals surface area (Å²) in [6.45, 7) is 3.98. The van der Waals surface area contributed by atoms with Gasteiger partial charge in [-0.2, -0.15) is 0 Å². The summed E-state index contributed by atoms with van der Waals surface area (Å²) >= 11 is 1.47. The molecule has 1 saturated carbocycles. The van der Waals surface area contributed by atoms with Crippen molar-refractivity contribution in [3.05, 3.63) is 10.4 Å². The molecule has 110 valence electrons. The van der Waals surface area contributed by atoms with Crippen LogP contribution in [0.25, 0.3) is 0 Å². The molecule has 20 heavy (non-hydrogen) atoms. The van der Waals surface area contributed by atoms with Gasteiger partial charge in [0.1, 0.15) is 4.88 Å². The molecule has 1 aromatic rings. The van der Waals surface area contributed by atoms with Crippen molar-refractivity contribution in [2.75, 3.05) is 30.3 Å². The fourth-order valence-corrected chi connectivity index (χ4v) is 4.00. The summed E-state index contributed by atoms with van der Waals surface area (Å²) in [5.41, 5.74) is 14.0. The van der Waals surface area contributed by atoms with E-state index in [2.05, 4.69) is 4.90 Å². The van der Waals surface area contributed by atoms with Crippen molar-refractivity contribution in [3.63, 3.8) is 0 Å². The summed E-state index contributed by atoms with van der Waals surface area (Å²) in [6.07, 6.45) is 3.32. The molecule has 2 heterocycles. The topological polar surface area (TPSA) is 81.6 Å². The first-order valence-corrected chi connectivity index (χ1v) is 8.03. The van der Waals surface area contributed by atoms with Crippen LogP contribution in [-0.4, -0.2) is 31.7 Å². The molecule has 0 spiro atoms. The molecule has 1 unspecified atom stereocenters. The van der Waals surface area contributed by atoms with Crippen LogP contribution in [0.1, 0.15) is 47.3 Å². The van der Waals surface area contributed by atoms with Crippen molar-refractivity contribution in [1.29, 1.82) is 0 Å². The fraction of sp³-hybridized carbons (Fsp3) is 0.643. The molecule has 4 N–H and O–H groups in total. The zero-order valence-electron chi connectivity index (χ0n) is 11.7. The number of nitrogens with zero attached hydrogens (tertiary/aromatic N) is 1. The quantitative estimate of drug-likeness (QED) is 0.829. The highest BCUT2D eigenvalue weighted by atomic mass is 32.1. The molecule has 1 aliphatic heterocycles. The lowest BCUT2D eigenvalue weighted by Gasteiger charge is -2.18. The Hall–Kier alpha value is -1.27. The number of hydrogen-bond acceptors (Lipinski definition) is 6. The maximum absolute atomic E-state index is 12.0. The molecule has 2 fully saturated rings. The van der Waals surface area contributed by atoms with Gasteiger partial charge in [-0.3, -0.25) is 0 Å². The second-order valence-corrected chi connectivity index (χ2v) is 6.55. The van der Waals surface area contributed by atoms with Gasteiger partial charge in [-0.1, -0.05) is 0 Å². The number of esters is 1. The van der Waals surface area contributed by atoms with E-state index in [9.17, 15) is 4.79 Å². The van der Waals surface area contributed by atoms with E-state index >= 15 is 0 Å². The Morgan fingerprint density at radius 3 is 2.75 bits per heavy atom. The molecule has 2 aliphatic rings. The molecule has 3 rings (SSSR count). The Bertz CT molecular complexity index is 525. The monoisotopic (exact) mass is 295 g/mol. The minimum atomic E-state index is -0.299. The third-order valence-electron chi connectivity index (χ3n) is 3.92. The average molecular weight is 295 g/mol. The second kappa shape index (κ2) is 5.26. The van der Waals surface area contributed by atoms with E-state index < -0.39 is 0 Å². The van der Waals surface area contributed by atoms with Crippen molar-refractivity contribution in [2.45, 2.75) is 38.1 Å². The van der Waals surface area contributed by atoms with E-state index in [4.69, 9.17) is 16.2 Å². The van der Waals surface area contributed by atoms with Gasteiger partial charge in [0.25, 0.3) is 0 Å². The van der Waals surface area contributed by atoms with Crippen LogP contribution in [0, 0.1) is 0 Å². The summed E-state index contributed by atoms with van der Waals surface area (Å²) in [4.78, 5) is 14.9. The Morgan fingerprint density at radius 2 is 2.20 bits per heavy atom. The van der Waals surface area contributed by atoms with Crippen LogP contribution >= 0.6 is 11.3 Å². The number of ether oxygens (including phenoxy) is 1. The van der Waals surface area contributed by atoms with E-state index in [0.717, 1.165) is 42.9 Å². The van der Waals surface area contributed by atoms with Gasteiger partial charge in [0.15, 0.2) is 0 Å². The van der Waals surface area contributed by atoms with Crippen LogP contribution in [0.2, 0.25) is 0 Å². The normalized spacial score (nSPS) is 22.3. The van der Waals surface area contributed by atoms with Crippen molar-refractivity contribution < 1.29 is 9.53 Å². The summed E-state index contributed by atoms with van der Waals surface area (Å²) in [6, 6.07) is 0.219. The lowest BCUT2D eigenvalue weighted by atomic mass is 10.1. The zero-order valence-corrected chi connectivity index (χ0v) is 12.5. The standard InChI is InChI=1S/C14H21N3O2S/c1-2-19-14(18)12-11(16)10(8-3-4-8)13(20-12)17-6-5-9(15)7-17/h8-9H,2-7,15-16H2,1H3. The number of hydrogen-bond donors (Lipinski definition) is 2. The number of carbonyl (C=O) groups is 1. The molecule has 5 nitrogen and oxygen atoms in total. The van der Waals surface area contributed by atoms with Crippen LogP contribution in [-0.2, 0) is 4.74 Å². The molecule has 1 atom stereocenters. The molecule has 1 aliphatic carbocycles. The summed E-state index contributed by atoms with van der Waals surface area (Å²) in [7, 11) is 0. The lowest BCUT2D eigenvalue weighted by molar-refractivity contribution is 0.0533. The maximum Gasteiger partial charge on any atom is 0.350 e. The summed E-state index contributed by atoms with van der Waals surface area (Å²) < 4.78 is 5.11. The molecule has 0 radical (unpaired) electrons. The number of nitrogens with two attached hydrogens (primary N) is 2. The van der Waals surface area contributed by atoms with Crippen LogP contribution in [0.15, 0.2) is 0 Å². The van der Waals surface area contributed by atoms with E-state index in [0.29, 0.717) is 23.1 Å². The number of rotatable bonds is 4. The second-order valence-electron chi connectivity index (χ2n) is 5.55. The van der Waals surface area contributed by atoms with E-state index in [1.165, 1.54) is 11.3 Å². The molecule has 6 heteroatoms. The van der Waals surface area contributed by atoms with Gasteiger partial charge < -0.3 is 21.1 Å². The van der Waals surface area contributed by atoms with Gasteiger partial charge in [0.05, 0.1) is 17.3 Å². The number of carbonyl (C=O) groups excluding carboxylic acids is 1. The Morgan fingerprint density at radius 1 is 1.45 bits per heavy atom. The molecule has 0 aromatic carbocycles. The molecule has 1 aromatic heterocycles. The predicted octanol–water partition coefficient (Wildman–Crippen LogP) is 1.92. The first kappa shape index (κ1) is 13.7. The minimum absolute atomic E-state index is 0.219. The number of anilines is 2. The highest BCUT2D eigenvalue weighted by Gasteiger charge is 2.36. The number of thiophene rings is 1. The van der Waals surface area contributed by atoms with Crippen molar-refractivity contribution in [3.8, 4) is 0 Å². The smallest absolute Gasteiger partial charge is 0.350 e. The van der Waals surface area contributed by atoms with Gasteiger partial charge in [-0.25, -0.2) is 4.79 Å². The first-order valence-electron chi connectivity index (χ1n) is 7.21. The highest BCUT2D eigenvalue weighted by molar-refractivity contribution is 7.18. The predicted molar refractivity (Wildman–Crippen MR) is 81.5 cm³/mol. The molecular weight excluding hydrogens is 274 g/mol. The maximum atomic E-state index is 12.0. The van der Waals surface area contributed by atoms with Gasteiger partial charge in [0.2, 0.25) is 0 Å². The molecule has 0 amide bonds. The van der Waals surface area contributed by atoms with Crippen molar-refractivity contribution >= 4 is 28.0 Å². The van der Waals surface area contributed by atoms with E-state index in [1.807, 2.05) is 6.92 Å². The molecular formula is C14H21N3O2S. The van der Waals surface area contributed by atoms with E-state index in [-0.39, 0.29) is 12.0 Å². The molecule has 0 bridgehead atoms. The molecule has 1 saturated heterocycles. The third-order valence-corrected chi connectivity index (χ3v) is 5.18. The largest absolute Gasteiger partial charge is 0.462 e. The van der Waals surface area contributed by atoms with Gasteiger partial charge in [-0.05, 0) is 32.1 Å². The van der Waals surface area contributed by atoms with Crippen LogP contribution in [0.5, 0.6) is 0 Å². The first-order chi connectivity index (χ1) is 9.61. The highest BCUT2D eigenvalue weighted by Crippen LogP contribution is 2.52. The lowest BCUT2D eigenvalue weighted by Crippen LogP contribution is -2.26. The Balaban J connectivity index is 1.95. The Kier molecular flexibility index (Phi) is 3.60. The third kappa shape index (κ3) is 2.38. The number of nitrogen functional groups attached to an aromatic ring is 1. The van der Waals surface area contributed by atoms with Gasteiger partial charge >= 0.3 is 5.97 Å². The summed E-state index contributed by atoms with van der Waals surface area (Å²) in [5, 5.41) is 1.14. The van der Waals surface area contributed by atoms with Gasteiger partial charge in [-0.15, -0.1) is 11.3 Å². The zero-order chi connectivity index (χ0) is 14.3. The SMILES string of the molecule is CCOC(=O)c1sc(N2CCC(N)C2)c(C2CC2)c1N. The van der Waals surface area contributed by atoms with Gasteiger partial charge in [0, 0.05) is 24.7 Å². The van der Waals surface area contributed by atoms with Crippen LogP contribution < -0.4 is 16.4 Å². The minimum Gasteiger partial charge on any atom is -0.462 e. The van der Waals surface area contributed by atoms with Crippen LogP contribution in [0.4, 0.5) is 10.7 Å². The van der Waals surface area contributed by atoms with Crippen LogP contribution in [0.3, 0.4) is 0 Å².